The molecule has 23 heavy (non-hydrogen) atoms. The Labute approximate surface area is 140 Å². The minimum Gasteiger partial charge on any atom is -0.386 e. The maximum atomic E-state index is 12.2. The Kier molecular flexibility index (Phi) is 5.52. The SMILES string of the molecule is C/C1=C\CC[C@]2(C)O[C@H]2/C=C(/C(C)(C)O)CC[C@H](C)CC(=O)C1. The molecule has 1 N–H and O–H groups in total. The predicted molar refractivity (Wildman–Crippen MR) is 93.3 cm³/mol. The molecule has 0 spiro atoms. The molecule has 1 aliphatic heterocycles. The normalized spacial score (nSPS) is 38.6. The van der Waals surface area contributed by atoms with Crippen molar-refractivity contribution in [3.05, 3.63) is 23.3 Å². The van der Waals surface area contributed by atoms with Crippen LogP contribution >= 0.6 is 0 Å². The van der Waals surface area contributed by atoms with Crippen molar-refractivity contribution in [3.63, 3.8) is 0 Å². The van der Waals surface area contributed by atoms with Crippen LogP contribution in [0, 0.1) is 5.92 Å². The molecule has 1 saturated heterocycles. The molecule has 0 aromatic heterocycles. The van der Waals surface area contributed by atoms with E-state index in [9.17, 15) is 9.90 Å². The fourth-order valence-corrected chi connectivity index (χ4v) is 3.40. The van der Waals surface area contributed by atoms with Gasteiger partial charge in [-0.15, -0.1) is 0 Å². The van der Waals surface area contributed by atoms with Gasteiger partial charge in [0, 0.05) is 12.8 Å². The Morgan fingerprint density at radius 1 is 1.39 bits per heavy atom. The maximum absolute atomic E-state index is 12.2. The number of epoxide rings is 1. The second-order valence-corrected chi connectivity index (χ2v) is 8.25. The number of carbonyl (C=O) groups excluding carboxylic acids is 1. The van der Waals surface area contributed by atoms with Crippen molar-refractivity contribution < 1.29 is 14.6 Å². The number of allylic oxidation sites excluding steroid dienone is 2. The number of carbonyl (C=O) groups is 1. The second-order valence-electron chi connectivity index (χ2n) is 8.25. The van der Waals surface area contributed by atoms with E-state index in [4.69, 9.17) is 4.74 Å². The highest BCUT2D eigenvalue weighted by molar-refractivity contribution is 5.80. The molecule has 1 aliphatic carbocycles. The van der Waals surface area contributed by atoms with Gasteiger partial charge in [0.05, 0.1) is 11.2 Å². The van der Waals surface area contributed by atoms with Crippen LogP contribution in [0.15, 0.2) is 23.3 Å². The standard InChI is InChI=1S/C20H32O3/c1-14-7-6-10-20(5)18(23-20)13-16(19(3,4)22)9-8-15(2)12-17(21)11-14/h7,13,15,18,22H,6,8-12H2,1-5H3/b14-7+,16-13+/t15-,18-,20-/m0/s1. The van der Waals surface area contributed by atoms with Crippen LogP contribution in [-0.4, -0.2) is 28.2 Å². The van der Waals surface area contributed by atoms with Crippen LogP contribution in [0.25, 0.3) is 0 Å². The summed E-state index contributed by atoms with van der Waals surface area (Å²) >= 11 is 0. The van der Waals surface area contributed by atoms with Crippen LogP contribution in [0.4, 0.5) is 0 Å². The van der Waals surface area contributed by atoms with E-state index in [-0.39, 0.29) is 11.7 Å². The number of hydrogen-bond donors (Lipinski definition) is 1. The van der Waals surface area contributed by atoms with Gasteiger partial charge in [0.1, 0.15) is 11.9 Å². The van der Waals surface area contributed by atoms with E-state index in [0.717, 1.165) is 31.3 Å². The van der Waals surface area contributed by atoms with Gasteiger partial charge in [-0.3, -0.25) is 4.79 Å². The van der Waals surface area contributed by atoms with Gasteiger partial charge in [-0.1, -0.05) is 24.6 Å². The number of ketones is 1. The van der Waals surface area contributed by atoms with Crippen LogP contribution in [0.1, 0.15) is 73.1 Å². The van der Waals surface area contributed by atoms with E-state index in [1.807, 2.05) is 20.8 Å². The highest BCUT2D eigenvalue weighted by Crippen LogP contribution is 2.43. The van der Waals surface area contributed by atoms with Gasteiger partial charge >= 0.3 is 0 Å². The number of fused-ring (bicyclic) bond motifs is 1. The average molecular weight is 320 g/mol. The Hall–Kier alpha value is -0.930. The van der Waals surface area contributed by atoms with Gasteiger partial charge in [-0.25, -0.2) is 0 Å². The fourth-order valence-electron chi connectivity index (χ4n) is 3.40. The number of aliphatic hydroxyl groups is 1. The third kappa shape index (κ3) is 5.29. The third-order valence-corrected chi connectivity index (χ3v) is 5.17. The lowest BCUT2D eigenvalue weighted by Crippen LogP contribution is -2.24. The quantitative estimate of drug-likeness (QED) is 0.577. The predicted octanol–water partition coefficient (Wildman–Crippen LogP) is 4.35. The summed E-state index contributed by atoms with van der Waals surface area (Å²) in [5.41, 5.74) is 1.26. The van der Waals surface area contributed by atoms with Crippen molar-refractivity contribution in [1.29, 1.82) is 0 Å². The number of Topliss-reactive ketones (excluding diaryl/α,β-unsaturated/α-hetero) is 1. The first-order valence-electron chi connectivity index (χ1n) is 8.89. The van der Waals surface area contributed by atoms with Crippen LogP contribution in [0.2, 0.25) is 0 Å². The van der Waals surface area contributed by atoms with Gasteiger partial charge in [-0.05, 0) is 64.9 Å². The van der Waals surface area contributed by atoms with Crippen molar-refractivity contribution in [2.75, 3.05) is 0 Å². The molecule has 0 amide bonds. The molecular formula is C20H32O3. The van der Waals surface area contributed by atoms with E-state index >= 15 is 0 Å². The summed E-state index contributed by atoms with van der Waals surface area (Å²) in [5, 5.41) is 10.4. The van der Waals surface area contributed by atoms with Crippen LogP contribution in [0.5, 0.6) is 0 Å². The summed E-state index contributed by atoms with van der Waals surface area (Å²) in [7, 11) is 0. The number of ether oxygens (including phenoxy) is 1. The van der Waals surface area contributed by atoms with Gasteiger partial charge in [0.15, 0.2) is 0 Å². The largest absolute Gasteiger partial charge is 0.386 e. The molecule has 0 aromatic carbocycles. The fraction of sp³-hybridized carbons (Fsp3) is 0.750. The van der Waals surface area contributed by atoms with Crippen LogP contribution < -0.4 is 0 Å². The van der Waals surface area contributed by atoms with Gasteiger partial charge < -0.3 is 9.84 Å². The summed E-state index contributed by atoms with van der Waals surface area (Å²) in [5.74, 6) is 0.666. The molecule has 1 fully saturated rings. The zero-order chi connectivity index (χ0) is 17.3. The first-order valence-corrected chi connectivity index (χ1v) is 8.89. The van der Waals surface area contributed by atoms with Gasteiger partial charge in [-0.2, -0.15) is 0 Å². The average Bonchev–Trinajstić information content (AvgIpc) is 3.02. The highest BCUT2D eigenvalue weighted by atomic mass is 16.6. The topological polar surface area (TPSA) is 49.8 Å². The third-order valence-electron chi connectivity index (χ3n) is 5.17. The first-order chi connectivity index (χ1) is 10.6. The lowest BCUT2D eigenvalue weighted by atomic mass is 9.86. The second kappa shape index (κ2) is 6.90. The lowest BCUT2D eigenvalue weighted by molar-refractivity contribution is -0.119. The Morgan fingerprint density at radius 3 is 2.74 bits per heavy atom. The monoisotopic (exact) mass is 320 g/mol. The van der Waals surface area contributed by atoms with E-state index in [1.165, 1.54) is 5.57 Å². The lowest BCUT2D eigenvalue weighted by Gasteiger charge is -2.23. The molecule has 3 nitrogen and oxygen atoms in total. The van der Waals surface area contributed by atoms with Crippen molar-refractivity contribution in [1.82, 2.24) is 0 Å². The summed E-state index contributed by atoms with van der Waals surface area (Å²) in [6.45, 7) is 9.99. The smallest absolute Gasteiger partial charge is 0.137 e. The Balaban J connectivity index is 2.18. The molecule has 2 aliphatic rings. The van der Waals surface area contributed by atoms with E-state index < -0.39 is 5.60 Å². The summed E-state index contributed by atoms with van der Waals surface area (Å²) in [6, 6.07) is 0. The molecule has 0 radical (unpaired) electrons. The van der Waals surface area contributed by atoms with Gasteiger partial charge in [0.2, 0.25) is 0 Å². The van der Waals surface area contributed by atoms with Crippen molar-refractivity contribution in [2.45, 2.75) is 90.4 Å². The number of hydrogen-bond acceptors (Lipinski definition) is 3. The van der Waals surface area contributed by atoms with Crippen molar-refractivity contribution in [3.8, 4) is 0 Å². The molecule has 1 heterocycles. The zero-order valence-corrected chi connectivity index (χ0v) is 15.3. The zero-order valence-electron chi connectivity index (χ0n) is 15.3. The minimum absolute atomic E-state index is 0.109. The molecule has 3 heteroatoms. The Bertz CT molecular complexity index is 509. The number of rotatable bonds is 1. The molecule has 2 rings (SSSR count). The van der Waals surface area contributed by atoms with Crippen LogP contribution in [-0.2, 0) is 9.53 Å². The van der Waals surface area contributed by atoms with Crippen molar-refractivity contribution in [2.24, 2.45) is 5.92 Å². The molecule has 0 unspecified atom stereocenters. The van der Waals surface area contributed by atoms with E-state index in [1.54, 1.807) is 0 Å². The molecule has 0 saturated carbocycles. The molecule has 130 valence electrons. The first kappa shape index (κ1) is 18.4. The molecule has 0 aromatic rings. The molecule has 0 bridgehead atoms. The van der Waals surface area contributed by atoms with E-state index in [0.29, 0.717) is 24.5 Å². The summed E-state index contributed by atoms with van der Waals surface area (Å²) in [6.07, 6.45) is 9.24. The highest BCUT2D eigenvalue weighted by Gasteiger charge is 2.50. The van der Waals surface area contributed by atoms with E-state index in [2.05, 4.69) is 26.0 Å². The Morgan fingerprint density at radius 2 is 2.09 bits per heavy atom. The summed E-state index contributed by atoms with van der Waals surface area (Å²) < 4.78 is 5.91. The minimum atomic E-state index is -0.829. The van der Waals surface area contributed by atoms with Crippen molar-refractivity contribution >= 4 is 5.78 Å². The van der Waals surface area contributed by atoms with Crippen LogP contribution in [0.3, 0.4) is 0 Å². The maximum Gasteiger partial charge on any atom is 0.137 e. The molecule has 3 atom stereocenters. The summed E-state index contributed by atoms with van der Waals surface area (Å²) in [4.78, 5) is 12.2. The van der Waals surface area contributed by atoms with Gasteiger partial charge in [0.25, 0.3) is 0 Å². The molecular weight excluding hydrogens is 288 g/mol.